The summed E-state index contributed by atoms with van der Waals surface area (Å²) in [4.78, 5) is 27.1. The zero-order valence-electron chi connectivity index (χ0n) is 17.8. The molecule has 0 atom stereocenters. The molecule has 2 amide bonds. The molecule has 0 spiro atoms. The third-order valence-corrected chi connectivity index (χ3v) is 5.79. The monoisotopic (exact) mass is 431 g/mol. The van der Waals surface area contributed by atoms with Gasteiger partial charge in [0.05, 0.1) is 13.3 Å². The number of hydrogen-bond donors (Lipinski definition) is 2. The number of fused-ring (bicyclic) bond motifs is 1. The van der Waals surface area contributed by atoms with Gasteiger partial charge in [0.2, 0.25) is 5.91 Å². The number of carbonyl (C=O) groups is 2. The number of carbonyl (C=O) groups excluding carboxylic acids is 2. The second-order valence-corrected chi connectivity index (χ2v) is 7.75. The molecular formula is C25H25N3O4. The molecule has 1 aliphatic rings. The molecule has 3 aromatic carbocycles. The molecule has 2 N–H and O–H groups in total. The van der Waals surface area contributed by atoms with Crippen LogP contribution in [-0.4, -0.2) is 48.2 Å². The lowest BCUT2D eigenvalue weighted by molar-refractivity contribution is -0.126. The summed E-state index contributed by atoms with van der Waals surface area (Å²) in [5, 5.41) is 16.1. The lowest BCUT2D eigenvalue weighted by Crippen LogP contribution is -2.42. The number of piperidine rings is 1. The Bertz CT molecular complexity index is 1170. The number of nitrogens with one attached hydrogen (secondary N) is 1. The van der Waals surface area contributed by atoms with E-state index < -0.39 is 0 Å². The first-order chi connectivity index (χ1) is 15.6. The minimum Gasteiger partial charge on any atom is -0.507 e. The van der Waals surface area contributed by atoms with E-state index in [0.29, 0.717) is 42.8 Å². The van der Waals surface area contributed by atoms with Gasteiger partial charge in [-0.3, -0.25) is 9.59 Å². The predicted molar refractivity (Wildman–Crippen MR) is 123 cm³/mol. The first-order valence-electron chi connectivity index (χ1n) is 10.5. The molecule has 1 fully saturated rings. The van der Waals surface area contributed by atoms with Crippen LogP contribution < -0.4 is 10.2 Å². The molecule has 1 saturated heterocycles. The van der Waals surface area contributed by atoms with Gasteiger partial charge >= 0.3 is 0 Å². The number of hydrazone groups is 1. The maximum Gasteiger partial charge on any atom is 0.253 e. The summed E-state index contributed by atoms with van der Waals surface area (Å²) in [6, 6.07) is 18.2. The molecule has 32 heavy (non-hydrogen) atoms. The van der Waals surface area contributed by atoms with Crippen molar-refractivity contribution in [1.82, 2.24) is 10.3 Å². The summed E-state index contributed by atoms with van der Waals surface area (Å²) >= 11 is 0. The largest absolute Gasteiger partial charge is 0.507 e. The Morgan fingerprint density at radius 2 is 1.88 bits per heavy atom. The fourth-order valence-electron chi connectivity index (χ4n) is 3.95. The third kappa shape index (κ3) is 4.56. The Balaban J connectivity index is 1.34. The van der Waals surface area contributed by atoms with Crippen LogP contribution in [-0.2, 0) is 4.79 Å². The third-order valence-electron chi connectivity index (χ3n) is 5.79. The van der Waals surface area contributed by atoms with Crippen LogP contribution in [0.1, 0.15) is 28.8 Å². The van der Waals surface area contributed by atoms with E-state index in [4.69, 9.17) is 4.74 Å². The maximum absolute atomic E-state index is 12.7. The molecule has 0 radical (unpaired) electrons. The molecule has 1 aliphatic heterocycles. The summed E-state index contributed by atoms with van der Waals surface area (Å²) in [5.41, 5.74) is 3.72. The molecule has 0 aromatic heterocycles. The van der Waals surface area contributed by atoms with Crippen molar-refractivity contribution in [3.8, 4) is 11.5 Å². The van der Waals surface area contributed by atoms with E-state index in [-0.39, 0.29) is 23.5 Å². The average molecular weight is 431 g/mol. The molecule has 0 aliphatic carbocycles. The topological polar surface area (TPSA) is 91.2 Å². The molecule has 1 heterocycles. The van der Waals surface area contributed by atoms with Crippen molar-refractivity contribution in [3.63, 3.8) is 0 Å². The summed E-state index contributed by atoms with van der Waals surface area (Å²) in [6.45, 7) is 1.00. The molecule has 164 valence electrons. The number of hydrogen-bond acceptors (Lipinski definition) is 5. The zero-order valence-corrected chi connectivity index (χ0v) is 17.8. The number of phenols is 1. The van der Waals surface area contributed by atoms with Gasteiger partial charge in [-0.05, 0) is 47.9 Å². The molecule has 3 aromatic rings. The quantitative estimate of drug-likeness (QED) is 0.477. The first-order valence-corrected chi connectivity index (χ1v) is 10.5. The summed E-state index contributed by atoms with van der Waals surface area (Å²) < 4.78 is 5.19. The van der Waals surface area contributed by atoms with Crippen LogP contribution in [0.4, 0.5) is 0 Å². The molecule has 0 unspecified atom stereocenters. The van der Waals surface area contributed by atoms with Crippen LogP contribution in [0.2, 0.25) is 0 Å². The van der Waals surface area contributed by atoms with Crippen molar-refractivity contribution in [2.45, 2.75) is 12.8 Å². The number of rotatable bonds is 5. The molecule has 7 nitrogen and oxygen atoms in total. The van der Waals surface area contributed by atoms with E-state index in [2.05, 4.69) is 10.5 Å². The Hall–Kier alpha value is -3.87. The number of amides is 2. The fourth-order valence-corrected chi connectivity index (χ4v) is 3.95. The van der Waals surface area contributed by atoms with Crippen molar-refractivity contribution in [3.05, 3.63) is 71.8 Å². The lowest BCUT2D eigenvalue weighted by atomic mass is 9.95. The van der Waals surface area contributed by atoms with Gasteiger partial charge in [0.1, 0.15) is 11.5 Å². The highest BCUT2D eigenvalue weighted by Gasteiger charge is 2.27. The van der Waals surface area contributed by atoms with Gasteiger partial charge in [0, 0.05) is 30.1 Å². The number of benzene rings is 3. The fraction of sp³-hybridized carbons (Fsp3) is 0.240. The van der Waals surface area contributed by atoms with Crippen molar-refractivity contribution < 1.29 is 19.4 Å². The number of methoxy groups -OCH3 is 1. The standard InChI is InChI=1S/C25H25N3O4/c1-32-20-7-4-6-19(15-20)25(31)28-13-11-18(12-14-28)24(30)27-26-16-22-21-8-3-2-5-17(21)9-10-23(22)29/h2-10,15-16,18,29H,11-14H2,1H3,(H,27,30)/b26-16+. The van der Waals surface area contributed by atoms with Crippen molar-refractivity contribution in [1.29, 1.82) is 0 Å². The van der Waals surface area contributed by atoms with Gasteiger partial charge < -0.3 is 14.7 Å². The minimum atomic E-state index is -0.220. The van der Waals surface area contributed by atoms with Crippen molar-refractivity contribution in [2.75, 3.05) is 20.2 Å². The second kappa shape index (κ2) is 9.51. The normalized spacial score (nSPS) is 14.6. The Kier molecular flexibility index (Phi) is 6.35. The highest BCUT2D eigenvalue weighted by Crippen LogP contribution is 2.25. The Morgan fingerprint density at radius 1 is 1.09 bits per heavy atom. The van der Waals surface area contributed by atoms with Crippen molar-refractivity contribution >= 4 is 28.8 Å². The second-order valence-electron chi connectivity index (χ2n) is 7.75. The average Bonchev–Trinajstić information content (AvgIpc) is 2.85. The first kappa shape index (κ1) is 21.4. The van der Waals surface area contributed by atoms with Crippen LogP contribution >= 0.6 is 0 Å². The van der Waals surface area contributed by atoms with Crippen LogP contribution in [0.3, 0.4) is 0 Å². The maximum atomic E-state index is 12.7. The van der Waals surface area contributed by atoms with Gasteiger partial charge in [-0.15, -0.1) is 0 Å². The number of aromatic hydroxyl groups is 1. The van der Waals surface area contributed by atoms with E-state index in [1.165, 1.54) is 6.21 Å². The number of likely N-dealkylation sites (tertiary alicyclic amines) is 1. The molecule has 0 saturated carbocycles. The Labute approximate surface area is 186 Å². The van der Waals surface area contributed by atoms with Crippen LogP contribution in [0.25, 0.3) is 10.8 Å². The summed E-state index contributed by atoms with van der Waals surface area (Å²) in [6.07, 6.45) is 2.60. The van der Waals surface area contributed by atoms with Crippen LogP contribution in [0.5, 0.6) is 11.5 Å². The van der Waals surface area contributed by atoms with E-state index in [9.17, 15) is 14.7 Å². The van der Waals surface area contributed by atoms with Crippen molar-refractivity contribution in [2.24, 2.45) is 11.0 Å². The minimum absolute atomic E-state index is 0.0628. The highest BCUT2D eigenvalue weighted by atomic mass is 16.5. The molecular weight excluding hydrogens is 406 g/mol. The van der Waals surface area contributed by atoms with Crippen LogP contribution in [0.15, 0.2) is 65.8 Å². The predicted octanol–water partition coefficient (Wildman–Crippen LogP) is 3.56. The number of nitrogens with zero attached hydrogens (tertiary/aromatic N) is 2. The molecule has 4 rings (SSSR count). The van der Waals surface area contributed by atoms with E-state index in [1.54, 1.807) is 42.3 Å². The van der Waals surface area contributed by atoms with E-state index in [0.717, 1.165) is 10.8 Å². The van der Waals surface area contributed by atoms with Crippen LogP contribution in [0, 0.1) is 5.92 Å². The van der Waals surface area contributed by atoms with E-state index in [1.807, 2.05) is 30.3 Å². The van der Waals surface area contributed by atoms with Gasteiger partial charge in [-0.25, -0.2) is 5.43 Å². The molecule has 7 heteroatoms. The number of phenolic OH excluding ortho intramolecular Hbond substituents is 1. The Morgan fingerprint density at radius 3 is 2.66 bits per heavy atom. The van der Waals surface area contributed by atoms with E-state index >= 15 is 0 Å². The summed E-state index contributed by atoms with van der Waals surface area (Å²) in [7, 11) is 1.57. The lowest BCUT2D eigenvalue weighted by Gasteiger charge is -2.31. The number of ether oxygens (including phenoxy) is 1. The summed E-state index contributed by atoms with van der Waals surface area (Å²) in [5.74, 6) is 0.274. The zero-order chi connectivity index (χ0) is 22.5. The van der Waals surface area contributed by atoms with Gasteiger partial charge in [-0.2, -0.15) is 5.10 Å². The smallest absolute Gasteiger partial charge is 0.253 e. The van der Waals surface area contributed by atoms with Gasteiger partial charge in [-0.1, -0.05) is 36.4 Å². The van der Waals surface area contributed by atoms with Gasteiger partial charge in [0.15, 0.2) is 0 Å². The molecule has 0 bridgehead atoms. The SMILES string of the molecule is COc1cccc(C(=O)N2CCC(C(=O)N/N=C/c3c(O)ccc4ccccc34)CC2)c1. The van der Waals surface area contributed by atoms with Gasteiger partial charge in [0.25, 0.3) is 5.91 Å². The highest BCUT2D eigenvalue weighted by molar-refractivity contribution is 6.02.